The maximum Gasteiger partial charge on any atom is 0.417 e. The van der Waals surface area contributed by atoms with Crippen molar-refractivity contribution in [3.8, 4) is 23.2 Å². The Bertz CT molecular complexity index is 1800. The summed E-state index contributed by atoms with van der Waals surface area (Å²) in [4.78, 5) is 38.9. The average Bonchev–Trinajstić information content (AvgIpc) is 3.58. The number of pyridine rings is 1. The molecule has 43 heavy (non-hydrogen) atoms. The average molecular weight is 602 g/mol. The summed E-state index contributed by atoms with van der Waals surface area (Å²) >= 11 is 0. The second-order valence-electron chi connectivity index (χ2n) is 9.60. The van der Waals surface area contributed by atoms with E-state index in [0.717, 1.165) is 12.3 Å². The lowest BCUT2D eigenvalue weighted by Crippen LogP contribution is -2.26. The van der Waals surface area contributed by atoms with E-state index in [1.54, 1.807) is 17.9 Å². The van der Waals surface area contributed by atoms with Crippen LogP contribution >= 0.6 is 0 Å². The summed E-state index contributed by atoms with van der Waals surface area (Å²) in [6.07, 6.45) is -7.05. The molecule has 3 aromatic heterocycles. The number of benzene rings is 1. The molecule has 0 spiro atoms. The number of nitrogens with one attached hydrogen (secondary N) is 1. The summed E-state index contributed by atoms with van der Waals surface area (Å²) in [5.74, 6) is 2.51. The number of carbonyl (C=O) groups excluding carboxylic acids is 2. The van der Waals surface area contributed by atoms with Crippen LogP contribution < -0.4 is 11.1 Å². The van der Waals surface area contributed by atoms with Crippen LogP contribution in [0.1, 0.15) is 46.4 Å². The summed E-state index contributed by atoms with van der Waals surface area (Å²) in [5, 5.41) is 2.00. The molecule has 1 unspecified atom stereocenters. The predicted octanol–water partition coefficient (Wildman–Crippen LogP) is 5.00. The van der Waals surface area contributed by atoms with Gasteiger partial charge in [-0.05, 0) is 49.6 Å². The van der Waals surface area contributed by atoms with Gasteiger partial charge in [0, 0.05) is 37.0 Å². The van der Waals surface area contributed by atoms with Gasteiger partial charge in [0.2, 0.25) is 5.95 Å². The number of amides is 2. The van der Waals surface area contributed by atoms with Gasteiger partial charge in [0.1, 0.15) is 11.6 Å². The summed E-state index contributed by atoms with van der Waals surface area (Å²) in [5.41, 5.74) is 3.70. The number of nitrogens with zero attached hydrogens (tertiary/aromatic N) is 5. The lowest BCUT2D eigenvalue weighted by atomic mass is 10.0. The van der Waals surface area contributed by atoms with Gasteiger partial charge >= 0.3 is 12.4 Å². The molecule has 1 fully saturated rings. The first-order chi connectivity index (χ1) is 20.3. The molecule has 222 valence electrons. The van der Waals surface area contributed by atoms with Crippen molar-refractivity contribution in [2.24, 2.45) is 0 Å². The number of halogens is 6. The van der Waals surface area contributed by atoms with Crippen molar-refractivity contribution < 1.29 is 35.9 Å². The Hall–Kier alpha value is -5.13. The predicted molar refractivity (Wildman–Crippen MR) is 142 cm³/mol. The number of nitrogens with two attached hydrogens (primary N) is 1. The summed E-state index contributed by atoms with van der Waals surface area (Å²) < 4.78 is 83.2. The lowest BCUT2D eigenvalue weighted by molar-refractivity contribution is -0.138. The number of fused-ring (bicyclic) bond motifs is 1. The van der Waals surface area contributed by atoms with E-state index >= 15 is 0 Å². The van der Waals surface area contributed by atoms with Crippen molar-refractivity contribution in [3.63, 3.8) is 0 Å². The van der Waals surface area contributed by atoms with Gasteiger partial charge in [0.15, 0.2) is 0 Å². The highest BCUT2D eigenvalue weighted by atomic mass is 19.4. The van der Waals surface area contributed by atoms with Gasteiger partial charge < -0.3 is 16.0 Å². The van der Waals surface area contributed by atoms with E-state index in [9.17, 15) is 35.9 Å². The van der Waals surface area contributed by atoms with Gasteiger partial charge in [-0.15, -0.1) is 0 Å². The van der Waals surface area contributed by atoms with Crippen molar-refractivity contribution in [3.05, 3.63) is 71.2 Å². The van der Waals surface area contributed by atoms with Gasteiger partial charge in [0.25, 0.3) is 11.8 Å². The zero-order chi connectivity index (χ0) is 31.1. The third-order valence-electron chi connectivity index (χ3n) is 6.86. The largest absolute Gasteiger partial charge is 0.417 e. The number of imidazole rings is 1. The molecule has 1 saturated heterocycles. The van der Waals surface area contributed by atoms with Crippen LogP contribution in [0.5, 0.6) is 0 Å². The first-order valence-electron chi connectivity index (χ1n) is 12.7. The van der Waals surface area contributed by atoms with Crippen molar-refractivity contribution in [1.29, 1.82) is 0 Å². The number of carbonyl (C=O) groups is 2. The SMILES string of the molecule is CC#CC(=O)N1CCC(c2nc(-c3ccc(C(=O)Nc4cc(C(F)(F)F)ccn4)c(C(F)(F)F)c3)n3c(N)nccc23)C1. The Balaban J connectivity index is 1.54. The Kier molecular flexibility index (Phi) is 7.47. The first kappa shape index (κ1) is 29.4. The van der Waals surface area contributed by atoms with E-state index in [0.29, 0.717) is 48.9 Å². The number of nitrogen functional groups attached to an aromatic ring is 1. The molecule has 5 rings (SSSR count). The van der Waals surface area contributed by atoms with Crippen LogP contribution in [0, 0.1) is 11.8 Å². The quantitative estimate of drug-likeness (QED) is 0.251. The molecule has 1 aliphatic heterocycles. The summed E-state index contributed by atoms with van der Waals surface area (Å²) in [6.45, 7) is 2.25. The monoisotopic (exact) mass is 601 g/mol. The van der Waals surface area contributed by atoms with Gasteiger partial charge in [-0.1, -0.05) is 12.0 Å². The highest BCUT2D eigenvalue weighted by Gasteiger charge is 2.37. The Morgan fingerprint density at radius 2 is 1.77 bits per heavy atom. The standard InChI is InChI=1S/C28H21F6N7O2/c1-2-3-22(42)40-11-8-16(14-40)23-20-7-10-37-26(35)41(20)24(39-23)15-4-5-18(19(12-15)28(32,33)34)25(43)38-21-13-17(6-9-36-21)27(29,30)31/h4-7,9-10,12-13,16H,8,11,14H2,1H3,(H2,35,37)(H,36,38,43). The van der Waals surface area contributed by atoms with Gasteiger partial charge in [0.05, 0.1) is 27.9 Å². The lowest BCUT2D eigenvalue weighted by Gasteiger charge is -2.15. The highest BCUT2D eigenvalue weighted by Crippen LogP contribution is 2.38. The van der Waals surface area contributed by atoms with Crippen LogP contribution in [-0.2, 0) is 17.1 Å². The molecular formula is C28H21F6N7O2. The zero-order valence-corrected chi connectivity index (χ0v) is 22.2. The molecule has 1 atom stereocenters. The van der Waals surface area contributed by atoms with E-state index in [2.05, 4.69) is 26.8 Å². The molecule has 0 radical (unpaired) electrons. The van der Waals surface area contributed by atoms with Crippen molar-refractivity contribution in [1.82, 2.24) is 24.3 Å². The Labute approximate surface area is 239 Å². The molecule has 0 bridgehead atoms. The summed E-state index contributed by atoms with van der Waals surface area (Å²) in [7, 11) is 0. The van der Waals surface area contributed by atoms with E-state index in [4.69, 9.17) is 5.73 Å². The van der Waals surface area contributed by atoms with Crippen LogP contribution in [0.2, 0.25) is 0 Å². The Morgan fingerprint density at radius 1 is 1.02 bits per heavy atom. The van der Waals surface area contributed by atoms with Crippen molar-refractivity contribution in [2.75, 3.05) is 24.1 Å². The maximum atomic E-state index is 14.2. The number of likely N-dealkylation sites (tertiary alicyclic amines) is 1. The van der Waals surface area contributed by atoms with Crippen LogP contribution in [0.4, 0.5) is 38.1 Å². The molecule has 15 heteroatoms. The second kappa shape index (κ2) is 10.9. The fourth-order valence-electron chi connectivity index (χ4n) is 4.91. The van der Waals surface area contributed by atoms with Crippen molar-refractivity contribution in [2.45, 2.75) is 31.6 Å². The smallest absolute Gasteiger partial charge is 0.369 e. The third-order valence-corrected chi connectivity index (χ3v) is 6.86. The van der Waals surface area contributed by atoms with Gasteiger partial charge in [-0.25, -0.2) is 15.0 Å². The molecule has 1 aliphatic rings. The van der Waals surface area contributed by atoms with E-state index < -0.39 is 40.8 Å². The molecule has 2 amide bonds. The number of anilines is 2. The first-order valence-corrected chi connectivity index (χ1v) is 12.7. The third kappa shape index (κ3) is 5.81. The van der Waals surface area contributed by atoms with Gasteiger partial charge in [-0.3, -0.25) is 14.0 Å². The number of alkyl halides is 6. The van der Waals surface area contributed by atoms with Crippen LogP contribution in [0.25, 0.3) is 16.9 Å². The van der Waals surface area contributed by atoms with Crippen LogP contribution in [0.3, 0.4) is 0 Å². The Morgan fingerprint density at radius 3 is 2.47 bits per heavy atom. The minimum atomic E-state index is -5.03. The highest BCUT2D eigenvalue weighted by molar-refractivity contribution is 6.05. The van der Waals surface area contributed by atoms with E-state index in [1.807, 2.05) is 5.32 Å². The van der Waals surface area contributed by atoms with Crippen LogP contribution in [0.15, 0.2) is 48.8 Å². The number of hydrogen-bond donors (Lipinski definition) is 2. The molecular weight excluding hydrogens is 580 g/mol. The molecule has 0 aliphatic carbocycles. The fourth-order valence-corrected chi connectivity index (χ4v) is 4.91. The van der Waals surface area contributed by atoms with E-state index in [-0.39, 0.29) is 29.2 Å². The second-order valence-corrected chi connectivity index (χ2v) is 9.60. The molecule has 3 N–H and O–H groups in total. The zero-order valence-electron chi connectivity index (χ0n) is 22.2. The molecule has 0 saturated carbocycles. The number of rotatable bonds is 4. The normalized spacial score (nSPS) is 15.3. The maximum absolute atomic E-state index is 14.2. The molecule has 4 aromatic rings. The van der Waals surface area contributed by atoms with Crippen molar-refractivity contribution >= 4 is 29.1 Å². The molecule has 1 aromatic carbocycles. The fraction of sp³-hybridized carbons (Fsp3) is 0.250. The molecule has 4 heterocycles. The number of aromatic nitrogens is 4. The van der Waals surface area contributed by atoms with Crippen LogP contribution in [-0.4, -0.2) is 49.2 Å². The summed E-state index contributed by atoms with van der Waals surface area (Å²) in [6, 6.07) is 5.60. The topological polar surface area (TPSA) is 119 Å². The minimum Gasteiger partial charge on any atom is -0.369 e. The minimum absolute atomic E-state index is 0.0192. The van der Waals surface area contributed by atoms with Gasteiger partial charge in [-0.2, -0.15) is 26.3 Å². The number of hydrogen-bond acceptors (Lipinski definition) is 6. The molecule has 9 nitrogen and oxygen atoms in total. The van der Waals surface area contributed by atoms with E-state index in [1.165, 1.54) is 16.7 Å².